The van der Waals surface area contributed by atoms with Crippen molar-refractivity contribution in [3.05, 3.63) is 64.3 Å². The number of hydrogen-bond donors (Lipinski definition) is 1. The van der Waals surface area contributed by atoms with Gasteiger partial charge in [0.05, 0.1) is 10.5 Å². The molecular weight excluding hydrogens is 326 g/mol. The minimum absolute atomic E-state index is 0.101. The zero-order valence-electron chi connectivity index (χ0n) is 13.4. The Kier molecular flexibility index (Phi) is 4.78. The van der Waals surface area contributed by atoms with Gasteiger partial charge in [0.2, 0.25) is 5.88 Å². The predicted octanol–water partition coefficient (Wildman–Crippen LogP) is 2.83. The average Bonchev–Trinajstić information content (AvgIpc) is 3.39. The van der Waals surface area contributed by atoms with Gasteiger partial charge in [0.25, 0.3) is 5.69 Å². The second-order valence-corrected chi connectivity index (χ2v) is 5.87. The summed E-state index contributed by atoms with van der Waals surface area (Å²) in [6, 6.07) is 12.2. The number of carbonyl (C=O) groups is 1. The minimum atomic E-state index is -0.524. The van der Waals surface area contributed by atoms with Crippen LogP contribution in [0.1, 0.15) is 18.4 Å². The van der Waals surface area contributed by atoms with Gasteiger partial charge in [0, 0.05) is 12.1 Å². The lowest BCUT2D eigenvalue weighted by Crippen LogP contribution is -2.41. The molecule has 0 radical (unpaired) electrons. The summed E-state index contributed by atoms with van der Waals surface area (Å²) in [4.78, 5) is 25.9. The Bertz CT molecular complexity index is 745. The summed E-state index contributed by atoms with van der Waals surface area (Å²) in [6.07, 6.45) is 2.19. The highest BCUT2D eigenvalue weighted by molar-refractivity contribution is 5.69. The number of amides is 1. The van der Waals surface area contributed by atoms with Crippen LogP contribution in [0.3, 0.4) is 0 Å². The summed E-state index contributed by atoms with van der Waals surface area (Å²) >= 11 is 0. The molecule has 0 aliphatic heterocycles. The molecule has 0 saturated heterocycles. The quantitative estimate of drug-likeness (QED) is 0.612. The molecule has 0 atom stereocenters. The number of alkyl carbamates (subject to hydrolysis) is 1. The molecule has 0 unspecified atom stereocenters. The fourth-order valence-electron chi connectivity index (χ4n) is 2.21. The second-order valence-electron chi connectivity index (χ2n) is 5.87. The fraction of sp³-hybridized carbons (Fsp3) is 0.294. The van der Waals surface area contributed by atoms with Crippen molar-refractivity contribution in [2.75, 3.05) is 6.61 Å². The van der Waals surface area contributed by atoms with E-state index in [-0.39, 0.29) is 24.8 Å². The first-order valence-electron chi connectivity index (χ1n) is 7.78. The van der Waals surface area contributed by atoms with E-state index in [2.05, 4.69) is 10.3 Å². The van der Waals surface area contributed by atoms with E-state index in [1.807, 2.05) is 30.3 Å². The van der Waals surface area contributed by atoms with E-state index in [1.54, 1.807) is 0 Å². The molecular formula is C17H17N3O5. The number of rotatable bonds is 7. The molecule has 1 amide bonds. The number of nitro groups is 1. The topological polar surface area (TPSA) is 104 Å². The average molecular weight is 343 g/mol. The molecule has 8 nitrogen and oxygen atoms in total. The van der Waals surface area contributed by atoms with E-state index in [9.17, 15) is 14.9 Å². The van der Waals surface area contributed by atoms with Gasteiger partial charge in [-0.05, 0) is 18.4 Å². The highest BCUT2D eigenvalue weighted by Gasteiger charge is 2.45. The van der Waals surface area contributed by atoms with Gasteiger partial charge in [-0.1, -0.05) is 30.3 Å². The standard InChI is InChI=1S/C17H17N3O5/c21-16(24-11-13-4-2-1-3-5-13)19-17(8-9-17)12-25-15-7-6-14(10-18-15)20(22)23/h1-7,10H,8-9,11-12H2,(H,19,21). The lowest BCUT2D eigenvalue weighted by Gasteiger charge is -2.17. The molecule has 1 aliphatic rings. The van der Waals surface area contributed by atoms with Gasteiger partial charge in [-0.25, -0.2) is 9.78 Å². The molecule has 0 spiro atoms. The van der Waals surface area contributed by atoms with Crippen LogP contribution in [0.2, 0.25) is 0 Å². The van der Waals surface area contributed by atoms with Gasteiger partial charge in [-0.3, -0.25) is 10.1 Å². The summed E-state index contributed by atoms with van der Waals surface area (Å²) in [7, 11) is 0. The second kappa shape index (κ2) is 7.16. The van der Waals surface area contributed by atoms with E-state index in [0.29, 0.717) is 0 Å². The van der Waals surface area contributed by atoms with Crippen molar-refractivity contribution in [3.8, 4) is 5.88 Å². The maximum absolute atomic E-state index is 11.9. The van der Waals surface area contributed by atoms with Crippen LogP contribution in [-0.2, 0) is 11.3 Å². The molecule has 2 aromatic rings. The van der Waals surface area contributed by atoms with Crippen molar-refractivity contribution in [3.63, 3.8) is 0 Å². The molecule has 1 saturated carbocycles. The zero-order valence-corrected chi connectivity index (χ0v) is 13.4. The highest BCUT2D eigenvalue weighted by Crippen LogP contribution is 2.36. The summed E-state index contributed by atoms with van der Waals surface area (Å²) in [6.45, 7) is 0.436. The summed E-state index contributed by atoms with van der Waals surface area (Å²) in [5.74, 6) is 0.274. The van der Waals surface area contributed by atoms with Crippen LogP contribution in [0.4, 0.5) is 10.5 Å². The van der Waals surface area contributed by atoms with Crippen molar-refractivity contribution in [1.82, 2.24) is 10.3 Å². The summed E-state index contributed by atoms with van der Waals surface area (Å²) in [5, 5.41) is 13.4. The maximum atomic E-state index is 11.9. The van der Waals surface area contributed by atoms with Crippen LogP contribution in [0.25, 0.3) is 0 Å². The molecule has 3 rings (SSSR count). The van der Waals surface area contributed by atoms with E-state index in [0.717, 1.165) is 24.6 Å². The van der Waals surface area contributed by atoms with E-state index in [4.69, 9.17) is 9.47 Å². The van der Waals surface area contributed by atoms with Crippen LogP contribution in [-0.4, -0.2) is 28.1 Å². The number of benzene rings is 1. The number of nitrogens with zero attached hydrogens (tertiary/aromatic N) is 2. The maximum Gasteiger partial charge on any atom is 0.408 e. The van der Waals surface area contributed by atoms with E-state index < -0.39 is 16.6 Å². The number of ether oxygens (including phenoxy) is 2. The Morgan fingerprint density at radius 1 is 1.24 bits per heavy atom. The Hall–Kier alpha value is -3.16. The normalized spacial score (nSPS) is 14.4. The van der Waals surface area contributed by atoms with Crippen molar-refractivity contribution in [2.24, 2.45) is 0 Å². The van der Waals surface area contributed by atoms with Gasteiger partial charge in [-0.2, -0.15) is 0 Å². The van der Waals surface area contributed by atoms with Crippen LogP contribution >= 0.6 is 0 Å². The van der Waals surface area contributed by atoms with E-state index in [1.165, 1.54) is 12.1 Å². The minimum Gasteiger partial charge on any atom is -0.475 e. The first kappa shape index (κ1) is 16.7. The van der Waals surface area contributed by atoms with Crippen LogP contribution in [0.5, 0.6) is 5.88 Å². The lowest BCUT2D eigenvalue weighted by atomic mass is 10.2. The lowest BCUT2D eigenvalue weighted by molar-refractivity contribution is -0.385. The molecule has 1 aromatic carbocycles. The van der Waals surface area contributed by atoms with Crippen molar-refractivity contribution in [1.29, 1.82) is 0 Å². The first-order chi connectivity index (χ1) is 12.1. The van der Waals surface area contributed by atoms with Crippen LogP contribution in [0, 0.1) is 10.1 Å². The third-order valence-corrected chi connectivity index (χ3v) is 3.86. The third kappa shape index (κ3) is 4.66. The van der Waals surface area contributed by atoms with Crippen molar-refractivity contribution >= 4 is 11.8 Å². The van der Waals surface area contributed by atoms with Gasteiger partial charge in [-0.15, -0.1) is 0 Å². The Morgan fingerprint density at radius 2 is 2.00 bits per heavy atom. The zero-order chi connectivity index (χ0) is 17.7. The van der Waals surface area contributed by atoms with Crippen LogP contribution in [0.15, 0.2) is 48.7 Å². The molecule has 1 aromatic heterocycles. The van der Waals surface area contributed by atoms with Gasteiger partial charge >= 0.3 is 6.09 Å². The largest absolute Gasteiger partial charge is 0.475 e. The third-order valence-electron chi connectivity index (χ3n) is 3.86. The molecule has 1 fully saturated rings. The monoisotopic (exact) mass is 343 g/mol. The SMILES string of the molecule is O=C(NC1(COc2ccc([N+](=O)[O-])cn2)CC1)OCc1ccccc1. The molecule has 1 N–H and O–H groups in total. The number of pyridine rings is 1. The summed E-state index contributed by atoms with van der Waals surface area (Å²) < 4.78 is 10.7. The predicted molar refractivity (Wildman–Crippen MR) is 88.1 cm³/mol. The van der Waals surface area contributed by atoms with E-state index >= 15 is 0 Å². The van der Waals surface area contributed by atoms with Crippen molar-refractivity contribution < 1.29 is 19.2 Å². The number of carbonyl (C=O) groups excluding carboxylic acids is 1. The number of nitrogens with one attached hydrogen (secondary N) is 1. The van der Waals surface area contributed by atoms with Gasteiger partial charge < -0.3 is 14.8 Å². The molecule has 130 valence electrons. The van der Waals surface area contributed by atoms with Gasteiger partial charge in [0.15, 0.2) is 0 Å². The molecule has 1 heterocycles. The first-order valence-corrected chi connectivity index (χ1v) is 7.78. The molecule has 0 bridgehead atoms. The number of hydrogen-bond acceptors (Lipinski definition) is 6. The molecule has 8 heteroatoms. The summed E-state index contributed by atoms with van der Waals surface area (Å²) in [5.41, 5.74) is 0.349. The molecule has 1 aliphatic carbocycles. The molecule has 25 heavy (non-hydrogen) atoms. The Morgan fingerprint density at radius 3 is 2.60 bits per heavy atom. The smallest absolute Gasteiger partial charge is 0.408 e. The number of aromatic nitrogens is 1. The Balaban J connectivity index is 1.46. The fourth-order valence-corrected chi connectivity index (χ4v) is 2.21. The van der Waals surface area contributed by atoms with Gasteiger partial charge in [0.1, 0.15) is 19.4 Å². The highest BCUT2D eigenvalue weighted by atomic mass is 16.6. The van der Waals surface area contributed by atoms with Crippen molar-refractivity contribution in [2.45, 2.75) is 25.0 Å². The van der Waals surface area contributed by atoms with Crippen LogP contribution < -0.4 is 10.1 Å². The Labute approximate surface area is 143 Å².